The first-order valence-corrected chi connectivity index (χ1v) is 6.62. The van der Waals surface area contributed by atoms with Crippen LogP contribution in [0.25, 0.3) is 11.1 Å². The van der Waals surface area contributed by atoms with Crippen LogP contribution in [-0.4, -0.2) is 15.5 Å². The van der Waals surface area contributed by atoms with E-state index in [1.807, 2.05) is 36.4 Å². The monoisotopic (exact) mass is 246 g/mol. The zero-order valence-corrected chi connectivity index (χ0v) is 10.2. The van der Waals surface area contributed by atoms with Crippen molar-refractivity contribution in [2.45, 2.75) is 4.90 Å². The van der Waals surface area contributed by atoms with Gasteiger partial charge in [0.15, 0.2) is 0 Å². The third-order valence-electron chi connectivity index (χ3n) is 2.44. The van der Waals surface area contributed by atoms with E-state index in [-0.39, 0.29) is 4.90 Å². The van der Waals surface area contributed by atoms with Gasteiger partial charge in [0.25, 0.3) is 0 Å². The lowest BCUT2D eigenvalue weighted by molar-refractivity contribution is 0.588. The molecule has 17 heavy (non-hydrogen) atoms. The van der Waals surface area contributed by atoms with Crippen molar-refractivity contribution in [3.63, 3.8) is 0 Å². The van der Waals surface area contributed by atoms with Crippen LogP contribution >= 0.6 is 0 Å². The molecule has 87 valence electrons. The molecule has 0 aliphatic heterocycles. The summed E-state index contributed by atoms with van der Waals surface area (Å²) in [5.74, 6) is 0. The molecule has 0 saturated heterocycles. The van der Waals surface area contributed by atoms with Crippen LogP contribution in [-0.2, 0) is 10.0 Å². The Hall–Kier alpha value is -1.65. The number of hydrogen-bond acceptors (Lipinski definition) is 2. The first kappa shape index (κ1) is 11.8. The molecule has 4 heteroatoms. The molecule has 2 aromatic carbocycles. The van der Waals surface area contributed by atoms with Crippen molar-refractivity contribution in [1.29, 1.82) is 0 Å². The lowest BCUT2D eigenvalue weighted by Crippen LogP contribution is -2.18. The normalized spacial score (nSPS) is 11.4. The summed E-state index contributed by atoms with van der Waals surface area (Å²) in [4.78, 5) is 0.154. The topological polar surface area (TPSA) is 46.2 Å². The number of sulfonamides is 1. The average Bonchev–Trinajstić information content (AvgIpc) is 2.40. The molecule has 0 amide bonds. The van der Waals surface area contributed by atoms with Gasteiger partial charge in [0.2, 0.25) is 10.0 Å². The molecule has 0 aliphatic carbocycles. The van der Waals surface area contributed by atoms with Gasteiger partial charge in [-0.25, -0.2) is 13.1 Å². The Labute approximate surface area is 101 Å². The van der Waals surface area contributed by atoms with Crippen molar-refractivity contribution >= 4 is 10.0 Å². The number of rotatable bonds is 3. The second-order valence-corrected chi connectivity index (χ2v) is 5.37. The fourth-order valence-electron chi connectivity index (χ4n) is 1.52. The van der Waals surface area contributed by atoms with Gasteiger partial charge in [-0.15, -0.1) is 0 Å². The largest absolute Gasteiger partial charge is 0.240 e. The maximum absolute atomic E-state index is 11.6. The predicted octanol–water partition coefficient (Wildman–Crippen LogP) is 2.06. The van der Waals surface area contributed by atoms with Gasteiger partial charge in [-0.05, 0) is 24.2 Å². The van der Waals surface area contributed by atoms with Gasteiger partial charge in [-0.2, -0.15) is 0 Å². The van der Waals surface area contributed by atoms with Crippen LogP contribution in [0.3, 0.4) is 0 Å². The Morgan fingerprint density at radius 3 is 2.41 bits per heavy atom. The molecule has 0 heterocycles. The Bertz CT molecular complexity index is 606. The SMILES string of the molecule is CNS(=O)(=O)c1[c]ccc(-c2ccccc2)c1. The fourth-order valence-corrected chi connectivity index (χ4v) is 2.25. The van der Waals surface area contributed by atoms with Crippen molar-refractivity contribution in [3.05, 3.63) is 54.6 Å². The van der Waals surface area contributed by atoms with Crippen molar-refractivity contribution in [2.75, 3.05) is 7.05 Å². The second-order valence-electron chi connectivity index (χ2n) is 3.52. The predicted molar refractivity (Wildman–Crippen MR) is 67.0 cm³/mol. The smallest absolute Gasteiger partial charge is 0.214 e. The summed E-state index contributed by atoms with van der Waals surface area (Å²) in [6, 6.07) is 17.4. The van der Waals surface area contributed by atoms with Gasteiger partial charge in [-0.1, -0.05) is 42.5 Å². The summed E-state index contributed by atoms with van der Waals surface area (Å²) in [5, 5.41) is 0. The lowest BCUT2D eigenvalue weighted by Gasteiger charge is -2.05. The van der Waals surface area contributed by atoms with Gasteiger partial charge in [0.1, 0.15) is 0 Å². The number of benzene rings is 2. The molecule has 0 atom stereocenters. The van der Waals surface area contributed by atoms with Crippen LogP contribution in [0.1, 0.15) is 0 Å². The first-order valence-electron chi connectivity index (χ1n) is 5.14. The highest BCUT2D eigenvalue weighted by atomic mass is 32.2. The van der Waals surface area contributed by atoms with Gasteiger partial charge < -0.3 is 0 Å². The van der Waals surface area contributed by atoms with E-state index >= 15 is 0 Å². The minimum absolute atomic E-state index is 0.154. The highest BCUT2D eigenvalue weighted by Gasteiger charge is 2.11. The molecule has 0 bridgehead atoms. The Kier molecular flexibility index (Phi) is 3.26. The van der Waals surface area contributed by atoms with Gasteiger partial charge in [0, 0.05) is 6.07 Å². The molecule has 2 rings (SSSR count). The van der Waals surface area contributed by atoms with E-state index in [4.69, 9.17) is 0 Å². The van der Waals surface area contributed by atoms with E-state index in [9.17, 15) is 8.42 Å². The lowest BCUT2D eigenvalue weighted by atomic mass is 10.1. The fraction of sp³-hybridized carbons (Fsp3) is 0.0769. The summed E-state index contributed by atoms with van der Waals surface area (Å²) in [7, 11) is -2.05. The molecule has 0 fully saturated rings. The molecule has 3 nitrogen and oxygen atoms in total. The molecular weight excluding hydrogens is 234 g/mol. The van der Waals surface area contributed by atoms with Crippen LogP contribution in [0.4, 0.5) is 0 Å². The van der Waals surface area contributed by atoms with Crippen LogP contribution < -0.4 is 4.72 Å². The molecule has 0 unspecified atom stereocenters. The third-order valence-corrected chi connectivity index (χ3v) is 3.79. The van der Waals surface area contributed by atoms with Crippen molar-refractivity contribution in [1.82, 2.24) is 4.72 Å². The highest BCUT2D eigenvalue weighted by Crippen LogP contribution is 2.21. The van der Waals surface area contributed by atoms with E-state index in [1.165, 1.54) is 7.05 Å². The molecule has 0 aromatic heterocycles. The number of nitrogens with one attached hydrogen (secondary N) is 1. The first-order chi connectivity index (χ1) is 8.13. The van der Waals surface area contributed by atoms with Crippen molar-refractivity contribution < 1.29 is 8.42 Å². The Morgan fingerprint density at radius 1 is 1.06 bits per heavy atom. The van der Waals surface area contributed by atoms with Crippen LogP contribution in [0.5, 0.6) is 0 Å². The van der Waals surface area contributed by atoms with Gasteiger partial charge in [0.05, 0.1) is 4.90 Å². The maximum atomic E-state index is 11.6. The molecule has 0 saturated carbocycles. The Morgan fingerprint density at radius 2 is 1.76 bits per heavy atom. The molecule has 1 radical (unpaired) electrons. The molecule has 0 aliphatic rings. The minimum Gasteiger partial charge on any atom is -0.214 e. The summed E-state index contributed by atoms with van der Waals surface area (Å²) in [6.45, 7) is 0. The van der Waals surface area contributed by atoms with Crippen molar-refractivity contribution in [2.24, 2.45) is 0 Å². The maximum Gasteiger partial charge on any atom is 0.240 e. The number of hydrogen-bond donors (Lipinski definition) is 1. The van der Waals surface area contributed by atoms with E-state index in [2.05, 4.69) is 10.8 Å². The third kappa shape index (κ3) is 2.54. The average molecular weight is 246 g/mol. The zero-order valence-electron chi connectivity index (χ0n) is 9.34. The molecule has 2 aromatic rings. The quantitative estimate of drug-likeness (QED) is 0.901. The van der Waals surface area contributed by atoms with Gasteiger partial charge >= 0.3 is 0 Å². The Balaban J connectivity index is 2.50. The van der Waals surface area contributed by atoms with Crippen LogP contribution in [0.2, 0.25) is 0 Å². The zero-order chi connectivity index (χ0) is 12.3. The summed E-state index contributed by atoms with van der Waals surface area (Å²) in [5.41, 5.74) is 1.84. The van der Waals surface area contributed by atoms with Crippen molar-refractivity contribution in [3.8, 4) is 11.1 Å². The standard InChI is InChI=1S/C13H12NO2S/c1-14-17(15,16)13-9-5-8-12(10-13)11-6-3-2-4-7-11/h2-8,10,14H,1H3. The minimum atomic E-state index is -3.43. The van der Waals surface area contributed by atoms with E-state index in [1.54, 1.807) is 12.1 Å². The van der Waals surface area contributed by atoms with Crippen LogP contribution in [0, 0.1) is 6.07 Å². The second kappa shape index (κ2) is 4.69. The molecular formula is C13H12NO2S. The van der Waals surface area contributed by atoms with E-state index in [0.29, 0.717) is 0 Å². The van der Waals surface area contributed by atoms with E-state index in [0.717, 1.165) is 11.1 Å². The van der Waals surface area contributed by atoms with Gasteiger partial charge in [-0.3, -0.25) is 0 Å². The summed E-state index contributed by atoms with van der Waals surface area (Å²) in [6.07, 6.45) is 0. The molecule has 0 spiro atoms. The van der Waals surface area contributed by atoms with E-state index < -0.39 is 10.0 Å². The summed E-state index contributed by atoms with van der Waals surface area (Å²) >= 11 is 0. The van der Waals surface area contributed by atoms with Crippen LogP contribution in [0.15, 0.2) is 53.4 Å². The summed E-state index contributed by atoms with van der Waals surface area (Å²) < 4.78 is 25.6. The molecule has 1 N–H and O–H groups in total. The highest BCUT2D eigenvalue weighted by molar-refractivity contribution is 7.89.